The number of amides is 1. The van der Waals surface area contributed by atoms with Gasteiger partial charge in [-0.2, -0.15) is 0 Å². The second-order valence-electron chi connectivity index (χ2n) is 4.37. The highest BCUT2D eigenvalue weighted by atomic mass is 35.5. The lowest BCUT2D eigenvalue weighted by molar-refractivity contribution is -0.119. The lowest BCUT2D eigenvalue weighted by atomic mass is 10.1. The molecular weight excluding hydrogens is 287 g/mol. The number of nitrogens with one attached hydrogen (secondary N) is 2. The van der Waals surface area contributed by atoms with Crippen molar-refractivity contribution in [3.63, 3.8) is 0 Å². The summed E-state index contributed by atoms with van der Waals surface area (Å²) in [7, 11) is 1.24. The molecule has 110 valence electrons. The molecule has 1 fully saturated rings. The smallest absolute Gasteiger partial charge is 0.337 e. The van der Waals surface area contributed by atoms with Crippen molar-refractivity contribution in [1.29, 1.82) is 0 Å². The van der Waals surface area contributed by atoms with Gasteiger partial charge in [-0.05, 0) is 31.2 Å². The molecule has 2 rings (SSSR count). The van der Waals surface area contributed by atoms with Crippen LogP contribution in [0, 0.1) is 11.7 Å². The zero-order chi connectivity index (χ0) is 13.8. The summed E-state index contributed by atoms with van der Waals surface area (Å²) >= 11 is 0. The molecule has 1 aliphatic heterocycles. The van der Waals surface area contributed by atoms with Gasteiger partial charge in [0.1, 0.15) is 5.82 Å². The van der Waals surface area contributed by atoms with Crippen molar-refractivity contribution >= 4 is 30.0 Å². The summed E-state index contributed by atoms with van der Waals surface area (Å²) in [6.07, 6.45) is 0.726. The number of rotatable bonds is 3. The minimum absolute atomic E-state index is 0. The lowest BCUT2D eigenvalue weighted by Gasteiger charge is -2.11. The van der Waals surface area contributed by atoms with Crippen LogP contribution in [0.2, 0.25) is 0 Å². The Morgan fingerprint density at radius 1 is 1.45 bits per heavy atom. The summed E-state index contributed by atoms with van der Waals surface area (Å²) in [4.78, 5) is 23.2. The summed E-state index contributed by atoms with van der Waals surface area (Å²) in [5.41, 5.74) is 0.198. The van der Waals surface area contributed by atoms with Crippen LogP contribution >= 0.6 is 12.4 Å². The number of carbonyl (C=O) groups is 2. The van der Waals surface area contributed by atoms with Gasteiger partial charge in [-0.1, -0.05) is 0 Å². The van der Waals surface area contributed by atoms with Gasteiger partial charge in [0, 0.05) is 6.54 Å². The first-order valence-electron chi connectivity index (χ1n) is 6.01. The molecule has 0 radical (unpaired) electrons. The van der Waals surface area contributed by atoms with E-state index in [1.807, 2.05) is 0 Å². The number of halogens is 2. The molecule has 0 bridgehead atoms. The van der Waals surface area contributed by atoms with Crippen molar-refractivity contribution in [3.05, 3.63) is 29.6 Å². The number of anilines is 1. The fourth-order valence-corrected chi connectivity index (χ4v) is 1.98. The van der Waals surface area contributed by atoms with Gasteiger partial charge in [0.15, 0.2) is 0 Å². The van der Waals surface area contributed by atoms with E-state index in [1.54, 1.807) is 0 Å². The van der Waals surface area contributed by atoms with Crippen LogP contribution in [0.5, 0.6) is 0 Å². The van der Waals surface area contributed by atoms with Gasteiger partial charge in [0.2, 0.25) is 5.91 Å². The number of methoxy groups -OCH3 is 1. The second kappa shape index (κ2) is 7.21. The Morgan fingerprint density at radius 3 is 2.80 bits per heavy atom. The Bertz CT molecular complexity index is 504. The average molecular weight is 303 g/mol. The first kappa shape index (κ1) is 16.4. The van der Waals surface area contributed by atoms with Gasteiger partial charge in [0.05, 0.1) is 24.3 Å². The van der Waals surface area contributed by atoms with Crippen molar-refractivity contribution in [2.75, 3.05) is 25.5 Å². The van der Waals surface area contributed by atoms with Gasteiger partial charge in [-0.15, -0.1) is 12.4 Å². The van der Waals surface area contributed by atoms with Crippen molar-refractivity contribution in [1.82, 2.24) is 5.32 Å². The number of benzene rings is 1. The van der Waals surface area contributed by atoms with E-state index < -0.39 is 11.8 Å². The molecule has 1 heterocycles. The first-order valence-corrected chi connectivity index (χ1v) is 6.01. The number of hydrogen-bond donors (Lipinski definition) is 2. The molecule has 1 amide bonds. The third kappa shape index (κ3) is 3.68. The molecule has 1 aromatic rings. The summed E-state index contributed by atoms with van der Waals surface area (Å²) in [5.74, 6) is -1.56. The summed E-state index contributed by atoms with van der Waals surface area (Å²) in [6.45, 7) is 1.37. The molecular formula is C13H16ClFN2O3. The highest BCUT2D eigenvalue weighted by Gasteiger charge is 2.23. The Labute approximate surface area is 122 Å². The van der Waals surface area contributed by atoms with Crippen LogP contribution in [-0.4, -0.2) is 32.1 Å². The van der Waals surface area contributed by atoms with Gasteiger partial charge >= 0.3 is 5.97 Å². The molecule has 0 aromatic heterocycles. The van der Waals surface area contributed by atoms with E-state index in [0.717, 1.165) is 19.0 Å². The van der Waals surface area contributed by atoms with E-state index >= 15 is 0 Å². The third-order valence-corrected chi connectivity index (χ3v) is 3.08. The average Bonchev–Trinajstić information content (AvgIpc) is 2.94. The number of carbonyl (C=O) groups excluding carboxylic acids is 2. The molecule has 1 saturated heterocycles. The topological polar surface area (TPSA) is 67.4 Å². The zero-order valence-corrected chi connectivity index (χ0v) is 11.8. The van der Waals surface area contributed by atoms with Gasteiger partial charge in [0.25, 0.3) is 0 Å². The largest absolute Gasteiger partial charge is 0.465 e. The normalized spacial score (nSPS) is 17.2. The summed E-state index contributed by atoms with van der Waals surface area (Å²) < 4.78 is 18.2. The number of hydrogen-bond acceptors (Lipinski definition) is 4. The van der Waals surface area contributed by atoms with E-state index in [1.165, 1.54) is 19.2 Å². The number of esters is 1. The molecule has 0 spiro atoms. The van der Waals surface area contributed by atoms with Gasteiger partial charge in [-0.25, -0.2) is 9.18 Å². The summed E-state index contributed by atoms with van der Waals surface area (Å²) in [5, 5.41) is 5.57. The first-order chi connectivity index (χ1) is 9.11. The quantitative estimate of drug-likeness (QED) is 0.832. The van der Waals surface area contributed by atoms with Crippen molar-refractivity contribution in [2.45, 2.75) is 6.42 Å². The van der Waals surface area contributed by atoms with Crippen molar-refractivity contribution in [2.24, 2.45) is 5.92 Å². The highest BCUT2D eigenvalue weighted by molar-refractivity contribution is 5.95. The van der Waals surface area contributed by atoms with Gasteiger partial charge < -0.3 is 15.4 Å². The van der Waals surface area contributed by atoms with E-state index in [-0.39, 0.29) is 35.5 Å². The standard InChI is InChI=1S/C13H15FN2O3.ClH/c1-19-13(18)8-2-3-10(14)11(6-8)16-12(17)9-4-5-15-7-9;/h2-3,6,9,15H,4-5,7H2,1H3,(H,16,17);1H. The van der Waals surface area contributed by atoms with E-state index in [2.05, 4.69) is 15.4 Å². The molecule has 0 saturated carbocycles. The van der Waals surface area contributed by atoms with Crippen molar-refractivity contribution in [3.8, 4) is 0 Å². The molecule has 1 unspecified atom stereocenters. The maximum Gasteiger partial charge on any atom is 0.337 e. The highest BCUT2D eigenvalue weighted by Crippen LogP contribution is 2.19. The molecule has 7 heteroatoms. The Hall–Kier alpha value is -1.66. The molecule has 1 aromatic carbocycles. The van der Waals surface area contributed by atoms with Crippen LogP contribution in [-0.2, 0) is 9.53 Å². The van der Waals surface area contributed by atoms with E-state index in [4.69, 9.17) is 0 Å². The molecule has 1 atom stereocenters. The molecule has 20 heavy (non-hydrogen) atoms. The van der Waals surface area contributed by atoms with Crippen LogP contribution in [0.15, 0.2) is 18.2 Å². The molecule has 1 aliphatic rings. The third-order valence-electron chi connectivity index (χ3n) is 3.08. The van der Waals surface area contributed by atoms with E-state index in [9.17, 15) is 14.0 Å². The van der Waals surface area contributed by atoms with Crippen LogP contribution in [0.25, 0.3) is 0 Å². The SMILES string of the molecule is COC(=O)c1ccc(F)c(NC(=O)C2CCNC2)c1.Cl. The summed E-state index contributed by atoms with van der Waals surface area (Å²) in [6, 6.07) is 3.73. The fraction of sp³-hybridized carbons (Fsp3) is 0.385. The maximum absolute atomic E-state index is 13.6. The molecule has 5 nitrogen and oxygen atoms in total. The van der Waals surface area contributed by atoms with Gasteiger partial charge in [-0.3, -0.25) is 4.79 Å². The maximum atomic E-state index is 13.6. The van der Waals surface area contributed by atoms with E-state index in [0.29, 0.717) is 6.54 Å². The van der Waals surface area contributed by atoms with Crippen LogP contribution < -0.4 is 10.6 Å². The monoisotopic (exact) mass is 302 g/mol. The lowest BCUT2D eigenvalue weighted by Crippen LogP contribution is -2.25. The van der Waals surface area contributed by atoms with Crippen LogP contribution in [0.3, 0.4) is 0 Å². The Balaban J connectivity index is 0.00000200. The minimum Gasteiger partial charge on any atom is -0.465 e. The predicted molar refractivity (Wildman–Crippen MR) is 74.6 cm³/mol. The fourth-order valence-electron chi connectivity index (χ4n) is 1.98. The van der Waals surface area contributed by atoms with Crippen LogP contribution in [0.1, 0.15) is 16.8 Å². The van der Waals surface area contributed by atoms with Crippen molar-refractivity contribution < 1.29 is 18.7 Å². The Kier molecular flexibility index (Phi) is 5.91. The Morgan fingerprint density at radius 2 is 2.20 bits per heavy atom. The molecule has 0 aliphatic carbocycles. The number of ether oxygens (including phenoxy) is 1. The van der Waals surface area contributed by atoms with Crippen LogP contribution in [0.4, 0.5) is 10.1 Å². The molecule has 2 N–H and O–H groups in total. The zero-order valence-electron chi connectivity index (χ0n) is 10.9. The minimum atomic E-state index is -0.577. The predicted octanol–water partition coefficient (Wildman–Crippen LogP) is 1.58. The second-order valence-corrected chi connectivity index (χ2v) is 4.37.